The molecule has 1 amide bonds. The quantitative estimate of drug-likeness (QED) is 0.353. The highest BCUT2D eigenvalue weighted by Crippen LogP contribution is 2.52. The number of rotatable bonds is 8. The third kappa shape index (κ3) is 5.36. The number of hydrogen-bond donors (Lipinski definition) is 2. The number of benzene rings is 3. The summed E-state index contributed by atoms with van der Waals surface area (Å²) in [7, 11) is 4.68. The predicted molar refractivity (Wildman–Crippen MR) is 166 cm³/mol. The zero-order chi connectivity index (χ0) is 31.0. The first-order valence-electron chi connectivity index (χ1n) is 14.6. The van der Waals surface area contributed by atoms with Crippen molar-refractivity contribution in [2.24, 2.45) is 5.41 Å². The molecule has 0 radical (unpaired) electrons. The molecular formula is C34H37N3O7. The number of anilines is 2. The lowest BCUT2D eigenvalue weighted by Crippen LogP contribution is -2.42. The van der Waals surface area contributed by atoms with Gasteiger partial charge in [-0.25, -0.2) is 0 Å². The van der Waals surface area contributed by atoms with Crippen molar-refractivity contribution in [3.63, 3.8) is 0 Å². The van der Waals surface area contributed by atoms with Crippen LogP contribution in [0.3, 0.4) is 0 Å². The van der Waals surface area contributed by atoms with Gasteiger partial charge in [-0.15, -0.1) is 0 Å². The maximum atomic E-state index is 14.1. The van der Waals surface area contributed by atoms with Gasteiger partial charge in [0.05, 0.1) is 45.3 Å². The number of ketones is 1. The minimum atomic E-state index is -0.657. The molecule has 0 saturated carbocycles. The number of fused-ring (bicyclic) bond motifs is 2. The van der Waals surface area contributed by atoms with E-state index in [0.717, 1.165) is 22.6 Å². The third-order valence-corrected chi connectivity index (χ3v) is 8.27. The standard InChI is InChI=1S/C34H37N3O7/c1-34(2)15-23-30(25(38)16-34)31(21-11-13-27(40-3)33(42-5)32(21)41-4)37(24-9-7-6-8-22(24)36-23)18-29(39)35-17-20-10-12-26-28(14-20)44-19-43-26/h6-14,31,36H,15-19H2,1-5H3,(H,35,39). The molecule has 3 aromatic carbocycles. The lowest BCUT2D eigenvalue weighted by Gasteiger charge is -2.38. The molecule has 230 valence electrons. The van der Waals surface area contributed by atoms with Crippen molar-refractivity contribution >= 4 is 23.1 Å². The summed E-state index contributed by atoms with van der Waals surface area (Å²) in [5.41, 5.74) is 4.38. The SMILES string of the molecule is COc1ccc(C2C3=C(CC(C)(C)CC3=O)Nc3ccccc3N2CC(=O)NCc2ccc3c(c2)OCO3)c(OC)c1OC. The van der Waals surface area contributed by atoms with Crippen LogP contribution in [0.25, 0.3) is 0 Å². The van der Waals surface area contributed by atoms with E-state index < -0.39 is 6.04 Å². The molecule has 2 aliphatic heterocycles. The Labute approximate surface area is 256 Å². The highest BCUT2D eigenvalue weighted by molar-refractivity contribution is 6.02. The second-order valence-electron chi connectivity index (χ2n) is 11.9. The third-order valence-electron chi connectivity index (χ3n) is 8.27. The zero-order valence-electron chi connectivity index (χ0n) is 25.6. The van der Waals surface area contributed by atoms with Gasteiger partial charge in [0, 0.05) is 29.8 Å². The van der Waals surface area contributed by atoms with Crippen molar-refractivity contribution in [1.82, 2.24) is 5.32 Å². The Bertz CT molecular complexity index is 1650. The van der Waals surface area contributed by atoms with Crippen LogP contribution in [0.5, 0.6) is 28.7 Å². The molecule has 0 bridgehead atoms. The number of Topliss-reactive ketones (excluding diaryl/α,β-unsaturated/α-hetero) is 1. The Hall–Kier alpha value is -4.86. The van der Waals surface area contributed by atoms with E-state index in [4.69, 9.17) is 23.7 Å². The van der Waals surface area contributed by atoms with Crippen LogP contribution in [0, 0.1) is 5.41 Å². The minimum Gasteiger partial charge on any atom is -0.493 e. The molecule has 0 aromatic heterocycles. The molecular weight excluding hydrogens is 562 g/mol. The molecule has 1 unspecified atom stereocenters. The monoisotopic (exact) mass is 599 g/mol. The molecule has 44 heavy (non-hydrogen) atoms. The lowest BCUT2D eigenvalue weighted by molar-refractivity contribution is -0.121. The van der Waals surface area contributed by atoms with Crippen molar-refractivity contribution in [2.75, 3.05) is 44.9 Å². The molecule has 1 atom stereocenters. The molecule has 2 heterocycles. The second-order valence-corrected chi connectivity index (χ2v) is 11.9. The molecule has 2 N–H and O–H groups in total. The van der Waals surface area contributed by atoms with E-state index in [1.807, 2.05) is 53.4 Å². The van der Waals surface area contributed by atoms with Crippen molar-refractivity contribution < 1.29 is 33.3 Å². The van der Waals surface area contributed by atoms with Gasteiger partial charge in [0.25, 0.3) is 0 Å². The van der Waals surface area contributed by atoms with Gasteiger partial charge in [-0.1, -0.05) is 32.0 Å². The second kappa shape index (κ2) is 11.7. The van der Waals surface area contributed by atoms with Gasteiger partial charge in [-0.3, -0.25) is 9.59 Å². The Morgan fingerprint density at radius 3 is 2.52 bits per heavy atom. The van der Waals surface area contributed by atoms with Crippen LogP contribution in [0.4, 0.5) is 11.4 Å². The van der Waals surface area contributed by atoms with E-state index >= 15 is 0 Å². The highest BCUT2D eigenvalue weighted by atomic mass is 16.7. The highest BCUT2D eigenvalue weighted by Gasteiger charge is 2.43. The summed E-state index contributed by atoms with van der Waals surface area (Å²) >= 11 is 0. The fourth-order valence-corrected chi connectivity index (χ4v) is 6.35. The predicted octanol–water partition coefficient (Wildman–Crippen LogP) is 5.37. The van der Waals surface area contributed by atoms with Gasteiger partial charge < -0.3 is 39.2 Å². The van der Waals surface area contributed by atoms with Crippen LogP contribution in [0.2, 0.25) is 0 Å². The maximum absolute atomic E-state index is 14.1. The van der Waals surface area contributed by atoms with E-state index in [0.29, 0.717) is 59.3 Å². The normalized spacial score (nSPS) is 18.1. The van der Waals surface area contributed by atoms with E-state index in [1.165, 1.54) is 0 Å². The maximum Gasteiger partial charge on any atom is 0.239 e. The molecule has 0 fully saturated rings. The van der Waals surface area contributed by atoms with Crippen LogP contribution in [0.1, 0.15) is 43.9 Å². The number of allylic oxidation sites excluding steroid dienone is 1. The number of nitrogens with one attached hydrogen (secondary N) is 2. The summed E-state index contributed by atoms with van der Waals surface area (Å²) in [6.07, 6.45) is 1.04. The molecule has 3 aromatic rings. The molecule has 0 saturated heterocycles. The number of ether oxygens (including phenoxy) is 5. The summed E-state index contributed by atoms with van der Waals surface area (Å²) in [5, 5.41) is 6.64. The molecule has 10 heteroatoms. The fraction of sp³-hybridized carbons (Fsp3) is 0.353. The van der Waals surface area contributed by atoms with Gasteiger partial charge in [0.2, 0.25) is 18.4 Å². The van der Waals surface area contributed by atoms with Crippen molar-refractivity contribution in [3.05, 3.63) is 77.0 Å². The largest absolute Gasteiger partial charge is 0.493 e. The molecule has 3 aliphatic rings. The smallest absolute Gasteiger partial charge is 0.239 e. The Balaban J connectivity index is 1.45. The fourth-order valence-electron chi connectivity index (χ4n) is 6.35. The molecule has 0 spiro atoms. The van der Waals surface area contributed by atoms with Gasteiger partial charge in [0.1, 0.15) is 0 Å². The van der Waals surface area contributed by atoms with Gasteiger partial charge in [0.15, 0.2) is 28.8 Å². The summed E-state index contributed by atoms with van der Waals surface area (Å²) in [6.45, 7) is 4.65. The van der Waals surface area contributed by atoms with Crippen molar-refractivity contribution in [2.45, 2.75) is 39.3 Å². The number of hydrogen-bond acceptors (Lipinski definition) is 9. The molecule has 1 aliphatic carbocycles. The topological polar surface area (TPSA) is 108 Å². The summed E-state index contributed by atoms with van der Waals surface area (Å²) < 4.78 is 28.1. The van der Waals surface area contributed by atoms with Gasteiger partial charge >= 0.3 is 0 Å². The molecule has 10 nitrogen and oxygen atoms in total. The van der Waals surface area contributed by atoms with Gasteiger partial charge in [-0.05, 0) is 53.8 Å². The van der Waals surface area contributed by atoms with Crippen LogP contribution in [-0.2, 0) is 16.1 Å². The number of carbonyl (C=O) groups excluding carboxylic acids is 2. The first-order chi connectivity index (χ1) is 21.2. The Morgan fingerprint density at radius 2 is 1.75 bits per heavy atom. The van der Waals surface area contributed by atoms with E-state index in [2.05, 4.69) is 24.5 Å². The van der Waals surface area contributed by atoms with Gasteiger partial charge in [-0.2, -0.15) is 0 Å². The number of para-hydroxylation sites is 2. The van der Waals surface area contributed by atoms with Crippen molar-refractivity contribution in [1.29, 1.82) is 0 Å². The van der Waals surface area contributed by atoms with Crippen LogP contribution >= 0.6 is 0 Å². The summed E-state index contributed by atoms with van der Waals surface area (Å²) in [6, 6.07) is 16.4. The number of amides is 1. The number of methoxy groups -OCH3 is 3. The first kappa shape index (κ1) is 29.2. The summed E-state index contributed by atoms with van der Waals surface area (Å²) in [4.78, 5) is 29.8. The van der Waals surface area contributed by atoms with Crippen molar-refractivity contribution in [3.8, 4) is 28.7 Å². The Kier molecular flexibility index (Phi) is 7.75. The average Bonchev–Trinajstić information content (AvgIpc) is 3.43. The van der Waals surface area contributed by atoms with Crippen LogP contribution in [-0.4, -0.2) is 46.4 Å². The van der Waals surface area contributed by atoms with Crippen LogP contribution < -0.4 is 39.2 Å². The Morgan fingerprint density at radius 1 is 0.977 bits per heavy atom. The average molecular weight is 600 g/mol. The number of carbonyl (C=O) groups is 2. The lowest BCUT2D eigenvalue weighted by atomic mass is 9.73. The van der Waals surface area contributed by atoms with E-state index in [1.54, 1.807) is 27.4 Å². The van der Waals surface area contributed by atoms with E-state index in [-0.39, 0.29) is 30.4 Å². The minimum absolute atomic E-state index is 0.0177. The number of nitrogens with zero attached hydrogens (tertiary/aromatic N) is 1. The zero-order valence-corrected chi connectivity index (χ0v) is 25.6. The molecule has 6 rings (SSSR count). The van der Waals surface area contributed by atoms with Crippen LogP contribution in [0.15, 0.2) is 65.9 Å². The summed E-state index contributed by atoms with van der Waals surface area (Å²) in [5.74, 6) is 2.49. The first-order valence-corrected chi connectivity index (χ1v) is 14.6. The van der Waals surface area contributed by atoms with E-state index in [9.17, 15) is 9.59 Å².